The van der Waals surface area contributed by atoms with E-state index in [-0.39, 0.29) is 0 Å². The third-order valence-corrected chi connectivity index (χ3v) is 3.79. The number of nitrogens with zero attached hydrogens (tertiary/aromatic N) is 1. The van der Waals surface area contributed by atoms with Gasteiger partial charge in [-0.3, -0.25) is 4.90 Å². The van der Waals surface area contributed by atoms with Crippen LogP contribution in [0.3, 0.4) is 0 Å². The summed E-state index contributed by atoms with van der Waals surface area (Å²) in [7, 11) is 0. The fourth-order valence-corrected chi connectivity index (χ4v) is 2.68. The van der Waals surface area contributed by atoms with E-state index < -0.39 is 0 Å². The maximum Gasteiger partial charge on any atom is 0.0465 e. The number of rotatable bonds is 7. The summed E-state index contributed by atoms with van der Waals surface area (Å²) in [4.78, 5) is 2.47. The SMILES string of the molecule is CC(C)N(CCNCc1ccc(Cl)cc1Cl)C(C)C. The second-order valence-electron chi connectivity index (χ2n) is 5.34. The van der Waals surface area contributed by atoms with Gasteiger partial charge in [-0.15, -0.1) is 0 Å². The van der Waals surface area contributed by atoms with Crippen LogP contribution in [0.2, 0.25) is 10.0 Å². The topological polar surface area (TPSA) is 15.3 Å². The Bertz CT molecular complexity index is 384. The van der Waals surface area contributed by atoms with Crippen LogP contribution >= 0.6 is 23.2 Å². The third-order valence-electron chi connectivity index (χ3n) is 3.20. The summed E-state index contributed by atoms with van der Waals surface area (Å²) in [5, 5.41) is 4.84. The van der Waals surface area contributed by atoms with E-state index >= 15 is 0 Å². The first kappa shape index (κ1) is 16.8. The first-order chi connectivity index (χ1) is 8.91. The third kappa shape index (κ3) is 5.70. The predicted molar refractivity (Wildman–Crippen MR) is 85.1 cm³/mol. The summed E-state index contributed by atoms with van der Waals surface area (Å²) in [5.74, 6) is 0. The Kier molecular flexibility index (Phi) is 7.16. The molecule has 1 N–H and O–H groups in total. The molecule has 19 heavy (non-hydrogen) atoms. The van der Waals surface area contributed by atoms with Crippen molar-refractivity contribution < 1.29 is 0 Å². The zero-order chi connectivity index (χ0) is 14.4. The molecule has 0 aliphatic heterocycles. The zero-order valence-corrected chi connectivity index (χ0v) is 13.7. The smallest absolute Gasteiger partial charge is 0.0465 e. The fraction of sp³-hybridized carbons (Fsp3) is 0.600. The summed E-state index contributed by atoms with van der Waals surface area (Å²) in [5.41, 5.74) is 1.09. The van der Waals surface area contributed by atoms with Gasteiger partial charge in [-0.05, 0) is 45.4 Å². The van der Waals surface area contributed by atoms with Crippen molar-refractivity contribution in [1.82, 2.24) is 10.2 Å². The standard InChI is InChI=1S/C15H24Cl2N2/c1-11(2)19(12(3)4)8-7-18-10-13-5-6-14(16)9-15(13)17/h5-6,9,11-12,18H,7-8,10H2,1-4H3. The number of hydrogen-bond donors (Lipinski definition) is 1. The molecule has 0 saturated carbocycles. The first-order valence-corrected chi connectivity index (χ1v) is 7.57. The highest BCUT2D eigenvalue weighted by molar-refractivity contribution is 6.35. The first-order valence-electron chi connectivity index (χ1n) is 6.82. The van der Waals surface area contributed by atoms with Gasteiger partial charge < -0.3 is 5.32 Å². The lowest BCUT2D eigenvalue weighted by Gasteiger charge is -2.30. The lowest BCUT2D eigenvalue weighted by atomic mass is 10.2. The molecule has 0 aliphatic carbocycles. The molecule has 0 fully saturated rings. The van der Waals surface area contributed by atoms with Crippen LogP contribution in [0.25, 0.3) is 0 Å². The molecule has 108 valence electrons. The van der Waals surface area contributed by atoms with E-state index in [1.54, 1.807) is 6.07 Å². The van der Waals surface area contributed by atoms with Gasteiger partial charge in [0.1, 0.15) is 0 Å². The molecule has 0 aliphatic rings. The monoisotopic (exact) mass is 302 g/mol. The van der Waals surface area contributed by atoms with Gasteiger partial charge in [-0.25, -0.2) is 0 Å². The Morgan fingerprint density at radius 1 is 1.11 bits per heavy atom. The fourth-order valence-electron chi connectivity index (χ4n) is 2.21. The highest BCUT2D eigenvalue weighted by atomic mass is 35.5. The van der Waals surface area contributed by atoms with Crippen LogP contribution in [-0.4, -0.2) is 30.1 Å². The molecular weight excluding hydrogens is 279 g/mol. The van der Waals surface area contributed by atoms with Gasteiger partial charge in [0.25, 0.3) is 0 Å². The maximum absolute atomic E-state index is 6.14. The number of nitrogens with one attached hydrogen (secondary N) is 1. The van der Waals surface area contributed by atoms with Crippen molar-refractivity contribution in [2.45, 2.75) is 46.3 Å². The van der Waals surface area contributed by atoms with E-state index in [1.807, 2.05) is 12.1 Å². The number of benzene rings is 1. The number of halogens is 2. The van der Waals surface area contributed by atoms with Crippen LogP contribution in [0.1, 0.15) is 33.3 Å². The van der Waals surface area contributed by atoms with Gasteiger partial charge in [0.15, 0.2) is 0 Å². The Morgan fingerprint density at radius 2 is 1.74 bits per heavy atom. The Hall–Kier alpha value is -0.280. The summed E-state index contributed by atoms with van der Waals surface area (Å²) >= 11 is 12.0. The predicted octanol–water partition coefficient (Wildman–Crippen LogP) is 4.20. The average molecular weight is 303 g/mol. The van der Waals surface area contributed by atoms with Gasteiger partial charge in [-0.2, -0.15) is 0 Å². The molecule has 0 bridgehead atoms. The van der Waals surface area contributed by atoms with E-state index in [0.717, 1.165) is 30.2 Å². The van der Waals surface area contributed by atoms with Gasteiger partial charge in [-0.1, -0.05) is 29.3 Å². The molecular formula is C15H24Cl2N2. The Morgan fingerprint density at radius 3 is 2.26 bits per heavy atom. The summed E-state index contributed by atoms with van der Waals surface area (Å²) in [6.45, 7) is 11.7. The van der Waals surface area contributed by atoms with Gasteiger partial charge in [0.2, 0.25) is 0 Å². The molecule has 0 spiro atoms. The Balaban J connectivity index is 2.38. The van der Waals surface area contributed by atoms with Crippen molar-refractivity contribution in [3.63, 3.8) is 0 Å². The Labute approximate surface area is 127 Å². The minimum atomic E-state index is 0.570. The van der Waals surface area contributed by atoms with Gasteiger partial charge >= 0.3 is 0 Å². The molecule has 1 aromatic rings. The van der Waals surface area contributed by atoms with Crippen LogP contribution in [0.15, 0.2) is 18.2 Å². The van der Waals surface area contributed by atoms with Crippen LogP contribution in [0, 0.1) is 0 Å². The lowest BCUT2D eigenvalue weighted by molar-refractivity contribution is 0.176. The molecule has 1 rings (SSSR count). The van der Waals surface area contributed by atoms with Crippen LogP contribution in [-0.2, 0) is 6.54 Å². The highest BCUT2D eigenvalue weighted by Gasteiger charge is 2.12. The molecule has 0 unspecified atom stereocenters. The molecule has 2 nitrogen and oxygen atoms in total. The second-order valence-corrected chi connectivity index (χ2v) is 6.18. The summed E-state index contributed by atoms with van der Waals surface area (Å²) in [6, 6.07) is 6.77. The van der Waals surface area contributed by atoms with Crippen LogP contribution in [0.4, 0.5) is 0 Å². The van der Waals surface area contributed by atoms with Crippen molar-refractivity contribution >= 4 is 23.2 Å². The minimum absolute atomic E-state index is 0.570. The molecule has 0 aromatic heterocycles. The maximum atomic E-state index is 6.14. The highest BCUT2D eigenvalue weighted by Crippen LogP contribution is 2.20. The van der Waals surface area contributed by atoms with E-state index in [1.165, 1.54) is 0 Å². The van der Waals surface area contributed by atoms with Crippen molar-refractivity contribution in [3.05, 3.63) is 33.8 Å². The van der Waals surface area contributed by atoms with E-state index in [9.17, 15) is 0 Å². The molecule has 0 heterocycles. The van der Waals surface area contributed by atoms with Gasteiger partial charge in [0.05, 0.1) is 0 Å². The second kappa shape index (κ2) is 8.11. The normalized spacial score (nSPS) is 11.8. The lowest BCUT2D eigenvalue weighted by Crippen LogP contribution is -2.41. The van der Waals surface area contributed by atoms with Crippen molar-refractivity contribution in [2.75, 3.05) is 13.1 Å². The zero-order valence-electron chi connectivity index (χ0n) is 12.2. The van der Waals surface area contributed by atoms with Crippen molar-refractivity contribution in [1.29, 1.82) is 0 Å². The average Bonchev–Trinajstić information content (AvgIpc) is 2.30. The van der Waals surface area contributed by atoms with E-state index in [2.05, 4.69) is 37.9 Å². The van der Waals surface area contributed by atoms with E-state index in [4.69, 9.17) is 23.2 Å². The molecule has 0 atom stereocenters. The molecule has 0 radical (unpaired) electrons. The van der Waals surface area contributed by atoms with E-state index in [0.29, 0.717) is 17.1 Å². The van der Waals surface area contributed by atoms with Crippen LogP contribution in [0.5, 0.6) is 0 Å². The van der Waals surface area contributed by atoms with Crippen molar-refractivity contribution in [2.24, 2.45) is 0 Å². The molecule has 1 aromatic carbocycles. The largest absolute Gasteiger partial charge is 0.311 e. The molecule has 0 amide bonds. The quantitative estimate of drug-likeness (QED) is 0.759. The van der Waals surface area contributed by atoms with Crippen LogP contribution < -0.4 is 5.32 Å². The molecule has 0 saturated heterocycles. The minimum Gasteiger partial charge on any atom is -0.311 e. The summed E-state index contributed by atoms with van der Waals surface area (Å²) < 4.78 is 0. The number of hydrogen-bond acceptors (Lipinski definition) is 2. The van der Waals surface area contributed by atoms with Crippen molar-refractivity contribution in [3.8, 4) is 0 Å². The summed E-state index contributed by atoms with van der Waals surface area (Å²) in [6.07, 6.45) is 0. The molecule has 4 heteroatoms. The van der Waals surface area contributed by atoms with Gasteiger partial charge in [0, 0.05) is 41.8 Å².